The molecule has 0 radical (unpaired) electrons. The maximum absolute atomic E-state index is 10.8. The van der Waals surface area contributed by atoms with Crippen molar-refractivity contribution < 1.29 is 14.3 Å². The van der Waals surface area contributed by atoms with Crippen LogP contribution >= 0.6 is 0 Å². The van der Waals surface area contributed by atoms with Gasteiger partial charge in [0.2, 0.25) is 0 Å². The van der Waals surface area contributed by atoms with E-state index in [2.05, 4.69) is 10.6 Å². The van der Waals surface area contributed by atoms with E-state index < -0.39 is 5.97 Å². The number of rotatable bonds is 5. The van der Waals surface area contributed by atoms with Crippen LogP contribution in [0.3, 0.4) is 0 Å². The molecule has 2 rings (SSSR count). The van der Waals surface area contributed by atoms with Gasteiger partial charge in [0.1, 0.15) is 11.5 Å². The molecule has 17 heavy (non-hydrogen) atoms. The van der Waals surface area contributed by atoms with E-state index in [0.29, 0.717) is 13.1 Å². The van der Waals surface area contributed by atoms with Gasteiger partial charge < -0.3 is 14.8 Å². The maximum Gasteiger partial charge on any atom is 0.305 e. The van der Waals surface area contributed by atoms with Crippen LogP contribution in [0.2, 0.25) is 0 Å². The van der Waals surface area contributed by atoms with Crippen LogP contribution in [0.5, 0.6) is 0 Å². The molecule has 0 saturated carbocycles. The van der Waals surface area contributed by atoms with Crippen molar-refractivity contribution >= 4 is 5.97 Å². The van der Waals surface area contributed by atoms with E-state index in [0.717, 1.165) is 11.5 Å². The highest BCUT2D eigenvalue weighted by atomic mass is 16.4. The predicted octanol–water partition coefficient (Wildman–Crippen LogP) is 1.06. The molecular weight excluding hydrogens is 220 g/mol. The van der Waals surface area contributed by atoms with E-state index in [1.165, 1.54) is 0 Å². The Balaban J connectivity index is 2.01. The van der Waals surface area contributed by atoms with Crippen LogP contribution in [0.15, 0.2) is 16.5 Å². The van der Waals surface area contributed by atoms with Gasteiger partial charge in [0.25, 0.3) is 0 Å². The van der Waals surface area contributed by atoms with Gasteiger partial charge in [-0.25, -0.2) is 0 Å². The molecule has 0 aromatic carbocycles. The maximum atomic E-state index is 10.8. The molecule has 94 valence electrons. The molecule has 3 N–H and O–H groups in total. The normalized spacial score (nSPS) is 19.6. The summed E-state index contributed by atoms with van der Waals surface area (Å²) in [6.45, 7) is 5.25. The zero-order valence-electron chi connectivity index (χ0n) is 10.1. The average molecular weight is 238 g/mol. The molecule has 5 heteroatoms. The monoisotopic (exact) mass is 238 g/mol. The minimum absolute atomic E-state index is 0.0187. The fourth-order valence-electron chi connectivity index (χ4n) is 2.21. The number of nitrogens with one attached hydrogen (secondary N) is 2. The van der Waals surface area contributed by atoms with Crippen LogP contribution in [-0.2, 0) is 4.79 Å². The topological polar surface area (TPSA) is 74.5 Å². The summed E-state index contributed by atoms with van der Waals surface area (Å²) in [6.07, 6.45) is 0.129. The largest absolute Gasteiger partial charge is 0.481 e. The molecule has 1 atom stereocenters. The van der Waals surface area contributed by atoms with Crippen LogP contribution in [0.4, 0.5) is 0 Å². The smallest absolute Gasteiger partial charge is 0.305 e. The van der Waals surface area contributed by atoms with Gasteiger partial charge in [-0.2, -0.15) is 0 Å². The van der Waals surface area contributed by atoms with Crippen LogP contribution in [-0.4, -0.2) is 29.7 Å². The quantitative estimate of drug-likeness (QED) is 0.715. The SMILES string of the molecule is Cc1ccc(C(C)NC2(CC(=O)O)CNC2)o1. The van der Waals surface area contributed by atoms with Gasteiger partial charge in [0.15, 0.2) is 0 Å². The van der Waals surface area contributed by atoms with E-state index in [-0.39, 0.29) is 18.0 Å². The lowest BCUT2D eigenvalue weighted by Gasteiger charge is -2.44. The summed E-state index contributed by atoms with van der Waals surface area (Å²) in [5.74, 6) is 0.939. The highest BCUT2D eigenvalue weighted by Crippen LogP contribution is 2.23. The average Bonchev–Trinajstić information content (AvgIpc) is 2.60. The van der Waals surface area contributed by atoms with E-state index in [9.17, 15) is 4.79 Å². The summed E-state index contributed by atoms with van der Waals surface area (Å²) >= 11 is 0. The molecule has 5 nitrogen and oxygen atoms in total. The van der Waals surface area contributed by atoms with Crippen LogP contribution in [0.25, 0.3) is 0 Å². The first kappa shape index (κ1) is 12.1. The van der Waals surface area contributed by atoms with Crippen molar-refractivity contribution in [2.45, 2.75) is 31.8 Å². The zero-order chi connectivity index (χ0) is 12.5. The molecule has 1 aromatic heterocycles. The summed E-state index contributed by atoms with van der Waals surface area (Å²) in [5, 5.41) is 15.4. The summed E-state index contributed by atoms with van der Waals surface area (Å²) in [7, 11) is 0. The second-order valence-corrected chi connectivity index (χ2v) is 4.77. The first-order valence-electron chi connectivity index (χ1n) is 5.77. The van der Waals surface area contributed by atoms with Gasteiger partial charge in [-0.05, 0) is 26.0 Å². The minimum Gasteiger partial charge on any atom is -0.481 e. The van der Waals surface area contributed by atoms with Gasteiger partial charge in [0, 0.05) is 13.1 Å². The van der Waals surface area contributed by atoms with Gasteiger partial charge in [-0.1, -0.05) is 0 Å². The third kappa shape index (κ3) is 2.68. The number of aryl methyl sites for hydroxylation is 1. The first-order chi connectivity index (χ1) is 8.01. The van der Waals surface area contributed by atoms with E-state index >= 15 is 0 Å². The fraction of sp³-hybridized carbons (Fsp3) is 0.583. The van der Waals surface area contributed by atoms with Crippen molar-refractivity contribution in [3.63, 3.8) is 0 Å². The van der Waals surface area contributed by atoms with Gasteiger partial charge in [-0.3, -0.25) is 10.1 Å². The molecule has 2 heterocycles. The van der Waals surface area contributed by atoms with Gasteiger partial charge in [-0.15, -0.1) is 0 Å². The van der Waals surface area contributed by atoms with Crippen molar-refractivity contribution in [3.05, 3.63) is 23.7 Å². The molecule has 0 bridgehead atoms. The van der Waals surface area contributed by atoms with Crippen LogP contribution in [0.1, 0.15) is 30.9 Å². The van der Waals surface area contributed by atoms with Crippen LogP contribution < -0.4 is 10.6 Å². The van der Waals surface area contributed by atoms with Crippen molar-refractivity contribution in [1.29, 1.82) is 0 Å². The van der Waals surface area contributed by atoms with Crippen molar-refractivity contribution in [2.24, 2.45) is 0 Å². The third-order valence-corrected chi connectivity index (χ3v) is 3.13. The Bertz CT molecular complexity index is 410. The Morgan fingerprint density at radius 1 is 1.65 bits per heavy atom. The Morgan fingerprint density at radius 2 is 2.35 bits per heavy atom. The standard InChI is InChI=1S/C12H18N2O3/c1-8-3-4-10(17-8)9(2)14-12(5-11(15)16)6-13-7-12/h3-4,9,13-14H,5-7H2,1-2H3,(H,15,16). The number of furan rings is 1. The number of carboxylic acid groups (broad SMARTS) is 1. The number of aliphatic carboxylic acids is 1. The molecule has 1 saturated heterocycles. The van der Waals surface area contributed by atoms with Gasteiger partial charge >= 0.3 is 5.97 Å². The summed E-state index contributed by atoms with van der Waals surface area (Å²) < 4.78 is 5.53. The Hall–Kier alpha value is -1.33. The van der Waals surface area contributed by atoms with Crippen molar-refractivity contribution in [3.8, 4) is 0 Å². The molecule has 0 amide bonds. The molecule has 1 aliphatic heterocycles. The number of hydrogen-bond donors (Lipinski definition) is 3. The van der Waals surface area contributed by atoms with Crippen molar-refractivity contribution in [1.82, 2.24) is 10.6 Å². The molecule has 1 aromatic rings. The van der Waals surface area contributed by atoms with Crippen LogP contribution in [0, 0.1) is 6.92 Å². The van der Waals surface area contributed by atoms with E-state index in [1.54, 1.807) is 0 Å². The predicted molar refractivity (Wildman–Crippen MR) is 62.8 cm³/mol. The Morgan fingerprint density at radius 3 is 2.76 bits per heavy atom. The first-order valence-corrected chi connectivity index (χ1v) is 5.77. The molecule has 1 unspecified atom stereocenters. The zero-order valence-corrected chi connectivity index (χ0v) is 10.1. The number of hydrogen-bond acceptors (Lipinski definition) is 4. The second kappa shape index (κ2) is 4.50. The lowest BCUT2D eigenvalue weighted by molar-refractivity contribution is -0.139. The molecule has 1 fully saturated rings. The molecule has 1 aliphatic rings. The summed E-state index contributed by atoms with van der Waals surface area (Å²) in [4.78, 5) is 10.8. The Labute approximate surface area is 100 Å². The molecular formula is C12H18N2O3. The number of carboxylic acids is 1. The highest BCUT2D eigenvalue weighted by molar-refractivity contribution is 5.68. The van der Waals surface area contributed by atoms with Crippen molar-refractivity contribution in [2.75, 3.05) is 13.1 Å². The number of carbonyl (C=O) groups is 1. The van der Waals surface area contributed by atoms with E-state index in [4.69, 9.17) is 9.52 Å². The van der Waals surface area contributed by atoms with Gasteiger partial charge in [0.05, 0.1) is 18.0 Å². The fourth-order valence-corrected chi connectivity index (χ4v) is 2.21. The lowest BCUT2D eigenvalue weighted by atomic mass is 9.87. The minimum atomic E-state index is -0.776. The Kier molecular flexibility index (Phi) is 3.22. The van der Waals surface area contributed by atoms with E-state index in [1.807, 2.05) is 26.0 Å². The molecule has 0 aliphatic carbocycles. The summed E-state index contributed by atoms with van der Waals surface area (Å²) in [5.41, 5.74) is -0.341. The second-order valence-electron chi connectivity index (χ2n) is 4.77. The third-order valence-electron chi connectivity index (χ3n) is 3.13. The highest BCUT2D eigenvalue weighted by Gasteiger charge is 2.40. The summed E-state index contributed by atoms with van der Waals surface area (Å²) in [6, 6.07) is 3.86. The molecule has 0 spiro atoms. The lowest BCUT2D eigenvalue weighted by Crippen LogP contribution is -2.68.